The summed E-state index contributed by atoms with van der Waals surface area (Å²) in [6.07, 6.45) is 2.23. The number of carbonyl (C=O) groups is 1. The molecule has 0 radical (unpaired) electrons. The molecular formula is C26H31N3O3. The van der Waals surface area contributed by atoms with E-state index in [1.165, 1.54) is 5.56 Å². The number of para-hydroxylation sites is 1. The highest BCUT2D eigenvalue weighted by molar-refractivity contribution is 6.07. The number of nitrogen functional groups attached to an aromatic ring is 1. The Morgan fingerprint density at radius 1 is 1.16 bits per heavy atom. The Kier molecular flexibility index (Phi) is 7.84. The van der Waals surface area contributed by atoms with Crippen LogP contribution in [-0.4, -0.2) is 18.0 Å². The van der Waals surface area contributed by atoms with Gasteiger partial charge in [0.05, 0.1) is 17.9 Å². The van der Waals surface area contributed by atoms with E-state index < -0.39 is 0 Å². The molecule has 0 aliphatic heterocycles. The van der Waals surface area contributed by atoms with Crippen molar-refractivity contribution in [1.82, 2.24) is 4.98 Å². The third-order valence-electron chi connectivity index (χ3n) is 5.38. The summed E-state index contributed by atoms with van der Waals surface area (Å²) in [6.45, 7) is 6.63. The normalized spacial score (nSPS) is 11.8. The number of methoxy groups -OCH3 is 1. The second kappa shape index (κ2) is 10.8. The van der Waals surface area contributed by atoms with E-state index in [9.17, 15) is 4.79 Å². The van der Waals surface area contributed by atoms with Gasteiger partial charge in [-0.3, -0.25) is 4.79 Å². The molecule has 3 aromatic rings. The maximum Gasteiger partial charge on any atom is 0.259 e. The summed E-state index contributed by atoms with van der Waals surface area (Å²) in [5, 5.41) is 2.87. The van der Waals surface area contributed by atoms with Crippen molar-refractivity contribution in [2.75, 3.05) is 18.2 Å². The number of hydrogen-bond acceptors (Lipinski definition) is 5. The van der Waals surface area contributed by atoms with Crippen LogP contribution in [0.4, 0.5) is 11.5 Å². The zero-order valence-electron chi connectivity index (χ0n) is 19.1. The summed E-state index contributed by atoms with van der Waals surface area (Å²) in [5.41, 5.74) is 9.75. The summed E-state index contributed by atoms with van der Waals surface area (Å²) in [6, 6.07) is 17.1. The number of amides is 1. The quantitative estimate of drug-likeness (QED) is 0.428. The number of aryl methyl sites for hydroxylation is 1. The molecule has 1 unspecified atom stereocenters. The number of aromatic nitrogens is 1. The van der Waals surface area contributed by atoms with Gasteiger partial charge in [-0.2, -0.15) is 0 Å². The predicted octanol–water partition coefficient (Wildman–Crippen LogP) is 6.07. The van der Waals surface area contributed by atoms with Gasteiger partial charge in [0.15, 0.2) is 0 Å². The van der Waals surface area contributed by atoms with Gasteiger partial charge in [0.1, 0.15) is 17.3 Å². The molecule has 0 aliphatic carbocycles. The van der Waals surface area contributed by atoms with E-state index in [-0.39, 0.29) is 11.7 Å². The molecule has 0 bridgehead atoms. The maximum absolute atomic E-state index is 12.7. The molecule has 3 N–H and O–H groups in total. The highest BCUT2D eigenvalue weighted by Crippen LogP contribution is 2.33. The first-order valence-corrected chi connectivity index (χ1v) is 10.9. The molecule has 0 saturated carbocycles. The van der Waals surface area contributed by atoms with Crippen molar-refractivity contribution in [1.29, 1.82) is 0 Å². The van der Waals surface area contributed by atoms with Gasteiger partial charge in [-0.25, -0.2) is 4.98 Å². The molecular weight excluding hydrogens is 402 g/mol. The number of pyridine rings is 1. The van der Waals surface area contributed by atoms with Gasteiger partial charge in [0, 0.05) is 12.8 Å². The van der Waals surface area contributed by atoms with Crippen molar-refractivity contribution < 1.29 is 14.3 Å². The maximum atomic E-state index is 12.7. The minimum atomic E-state index is -0.311. The lowest BCUT2D eigenvalue weighted by atomic mass is 9.96. The second-order valence-electron chi connectivity index (χ2n) is 7.93. The lowest BCUT2D eigenvalue weighted by molar-refractivity contribution is 0.102. The molecule has 6 nitrogen and oxygen atoms in total. The number of nitrogens with two attached hydrogens (primary N) is 1. The van der Waals surface area contributed by atoms with Crippen LogP contribution in [-0.2, 0) is 11.3 Å². The Bertz CT molecular complexity index is 1060. The number of rotatable bonds is 9. The number of nitrogens with zero attached hydrogens (tertiary/aromatic N) is 1. The van der Waals surface area contributed by atoms with Crippen LogP contribution in [0, 0.1) is 6.92 Å². The van der Waals surface area contributed by atoms with Crippen molar-refractivity contribution in [2.24, 2.45) is 0 Å². The second-order valence-corrected chi connectivity index (χ2v) is 7.93. The highest BCUT2D eigenvalue weighted by atomic mass is 16.5. The molecule has 1 amide bonds. The molecule has 0 saturated heterocycles. The fourth-order valence-electron chi connectivity index (χ4n) is 3.63. The Balaban J connectivity index is 1.71. The monoisotopic (exact) mass is 433 g/mol. The Morgan fingerprint density at radius 2 is 1.88 bits per heavy atom. The summed E-state index contributed by atoms with van der Waals surface area (Å²) in [4.78, 5) is 17.0. The van der Waals surface area contributed by atoms with Crippen LogP contribution >= 0.6 is 0 Å². The molecule has 6 heteroatoms. The van der Waals surface area contributed by atoms with Crippen molar-refractivity contribution in [2.45, 2.75) is 46.1 Å². The molecule has 1 atom stereocenters. The lowest BCUT2D eigenvalue weighted by Gasteiger charge is -2.16. The molecule has 1 heterocycles. The van der Waals surface area contributed by atoms with Crippen molar-refractivity contribution in [3.05, 3.63) is 77.0 Å². The van der Waals surface area contributed by atoms with E-state index in [1.54, 1.807) is 25.3 Å². The van der Waals surface area contributed by atoms with E-state index in [4.69, 9.17) is 15.2 Å². The van der Waals surface area contributed by atoms with E-state index in [2.05, 4.69) is 30.2 Å². The minimum absolute atomic E-state index is 0.179. The minimum Gasteiger partial charge on any atom is -0.457 e. The Hall–Kier alpha value is -3.38. The van der Waals surface area contributed by atoms with Crippen molar-refractivity contribution in [3.63, 3.8) is 0 Å². The largest absolute Gasteiger partial charge is 0.457 e. The van der Waals surface area contributed by atoms with Crippen LogP contribution < -0.4 is 15.8 Å². The number of benzene rings is 2. The predicted molar refractivity (Wildman–Crippen MR) is 128 cm³/mol. The van der Waals surface area contributed by atoms with Crippen molar-refractivity contribution in [3.8, 4) is 11.5 Å². The van der Waals surface area contributed by atoms with Gasteiger partial charge in [-0.1, -0.05) is 38.5 Å². The topological polar surface area (TPSA) is 86.5 Å². The number of ether oxygens (including phenoxy) is 2. The van der Waals surface area contributed by atoms with E-state index in [0.29, 0.717) is 29.5 Å². The Morgan fingerprint density at radius 3 is 2.56 bits per heavy atom. The van der Waals surface area contributed by atoms with Gasteiger partial charge in [0.25, 0.3) is 5.91 Å². The van der Waals surface area contributed by atoms with E-state index in [1.807, 2.05) is 37.3 Å². The number of carbonyl (C=O) groups excluding carboxylic acids is 1. The molecule has 168 valence electrons. The third kappa shape index (κ3) is 5.65. The fraction of sp³-hybridized carbons (Fsp3) is 0.308. The van der Waals surface area contributed by atoms with E-state index in [0.717, 1.165) is 29.8 Å². The van der Waals surface area contributed by atoms with Gasteiger partial charge in [-0.05, 0) is 66.8 Å². The summed E-state index contributed by atoms with van der Waals surface area (Å²) >= 11 is 0. The first kappa shape index (κ1) is 23.3. The molecule has 0 fully saturated rings. The standard InChI is InChI=1S/C26H31N3O3/c1-5-8-17(2)21-9-6-7-10-24(21)32-20-13-11-19(12-14-20)28-26(30)22-15-18(3)23(16-31-4)29-25(22)27/h6-7,9-15,17H,5,8,16H2,1-4H3,(H2,27,29)(H,28,30). The molecule has 32 heavy (non-hydrogen) atoms. The van der Waals surface area contributed by atoms with Crippen LogP contribution in [0.3, 0.4) is 0 Å². The average molecular weight is 434 g/mol. The zero-order chi connectivity index (χ0) is 23.1. The molecule has 0 spiro atoms. The molecule has 3 rings (SSSR count). The molecule has 2 aromatic carbocycles. The molecule has 0 aliphatic rings. The summed E-state index contributed by atoms with van der Waals surface area (Å²) in [7, 11) is 1.59. The van der Waals surface area contributed by atoms with Crippen LogP contribution in [0.5, 0.6) is 11.5 Å². The highest BCUT2D eigenvalue weighted by Gasteiger charge is 2.15. The third-order valence-corrected chi connectivity index (χ3v) is 5.38. The number of hydrogen-bond donors (Lipinski definition) is 2. The SMILES string of the molecule is CCCC(C)c1ccccc1Oc1ccc(NC(=O)c2cc(C)c(COC)nc2N)cc1. The number of nitrogens with one attached hydrogen (secondary N) is 1. The van der Waals surface area contributed by atoms with Crippen LogP contribution in [0.2, 0.25) is 0 Å². The van der Waals surface area contributed by atoms with Gasteiger partial charge in [0.2, 0.25) is 0 Å². The van der Waals surface area contributed by atoms with E-state index >= 15 is 0 Å². The van der Waals surface area contributed by atoms with Crippen LogP contribution in [0.1, 0.15) is 59.8 Å². The first-order chi connectivity index (χ1) is 15.4. The number of anilines is 2. The zero-order valence-corrected chi connectivity index (χ0v) is 19.1. The summed E-state index contributed by atoms with van der Waals surface area (Å²) in [5.74, 6) is 1.86. The van der Waals surface area contributed by atoms with Gasteiger partial charge >= 0.3 is 0 Å². The van der Waals surface area contributed by atoms with Gasteiger partial charge < -0.3 is 20.5 Å². The molecule has 1 aromatic heterocycles. The lowest BCUT2D eigenvalue weighted by Crippen LogP contribution is -2.16. The summed E-state index contributed by atoms with van der Waals surface area (Å²) < 4.78 is 11.3. The smallest absolute Gasteiger partial charge is 0.259 e. The van der Waals surface area contributed by atoms with Crippen LogP contribution in [0.25, 0.3) is 0 Å². The van der Waals surface area contributed by atoms with Crippen LogP contribution in [0.15, 0.2) is 54.6 Å². The average Bonchev–Trinajstić information content (AvgIpc) is 2.78. The van der Waals surface area contributed by atoms with Gasteiger partial charge in [-0.15, -0.1) is 0 Å². The Labute approximate surface area is 189 Å². The first-order valence-electron chi connectivity index (χ1n) is 10.9. The van der Waals surface area contributed by atoms with Crippen molar-refractivity contribution >= 4 is 17.4 Å². The fourth-order valence-corrected chi connectivity index (χ4v) is 3.63.